The van der Waals surface area contributed by atoms with Crippen LogP contribution in [0.2, 0.25) is 0 Å². The lowest BCUT2D eigenvalue weighted by Gasteiger charge is -2.23. The average molecular weight is 488 g/mol. The average Bonchev–Trinajstić information content (AvgIpc) is 2.88. The molecule has 3 aromatic rings. The van der Waals surface area contributed by atoms with Crippen LogP contribution in [0.3, 0.4) is 0 Å². The van der Waals surface area contributed by atoms with Gasteiger partial charge >= 0.3 is 0 Å². The fraction of sp³-hybridized carbons (Fsp3) is 0.333. The van der Waals surface area contributed by atoms with Gasteiger partial charge in [-0.2, -0.15) is 4.98 Å². The molecule has 1 saturated heterocycles. The lowest BCUT2D eigenvalue weighted by Crippen LogP contribution is -2.26. The van der Waals surface area contributed by atoms with Gasteiger partial charge in [0.1, 0.15) is 22.8 Å². The zero-order chi connectivity index (χ0) is 25.5. The highest BCUT2D eigenvalue weighted by Gasteiger charge is 2.20. The van der Waals surface area contributed by atoms with Gasteiger partial charge in [-0.3, -0.25) is 4.79 Å². The molecule has 0 unspecified atom stereocenters. The SMILES string of the molecule is C=CCNC(=O)c1cnc(Nc2ccc(C3CCNCC3)cc2)nc1Nc1cccc(C(C)(C)O)n1. The molecule has 0 radical (unpaired) electrons. The van der Waals surface area contributed by atoms with E-state index in [1.807, 2.05) is 12.1 Å². The lowest BCUT2D eigenvalue weighted by atomic mass is 9.90. The quantitative estimate of drug-likeness (QED) is 0.287. The van der Waals surface area contributed by atoms with Crippen LogP contribution in [-0.2, 0) is 5.60 Å². The summed E-state index contributed by atoms with van der Waals surface area (Å²) in [7, 11) is 0. The second-order valence-electron chi connectivity index (χ2n) is 9.32. The van der Waals surface area contributed by atoms with Crippen molar-refractivity contribution < 1.29 is 9.90 Å². The Kier molecular flexibility index (Phi) is 7.92. The number of anilines is 4. The minimum atomic E-state index is -1.11. The van der Waals surface area contributed by atoms with E-state index in [4.69, 9.17) is 0 Å². The minimum absolute atomic E-state index is 0.263. The van der Waals surface area contributed by atoms with E-state index in [1.54, 1.807) is 38.1 Å². The third-order valence-corrected chi connectivity index (χ3v) is 6.04. The molecule has 1 aliphatic heterocycles. The minimum Gasteiger partial charge on any atom is -0.384 e. The molecule has 1 fully saturated rings. The second kappa shape index (κ2) is 11.3. The number of rotatable bonds is 9. The summed E-state index contributed by atoms with van der Waals surface area (Å²) in [6.45, 7) is 9.38. The van der Waals surface area contributed by atoms with E-state index in [0.29, 0.717) is 35.7 Å². The number of benzene rings is 1. The Balaban J connectivity index is 1.58. The van der Waals surface area contributed by atoms with Crippen molar-refractivity contribution in [1.29, 1.82) is 0 Å². The second-order valence-corrected chi connectivity index (χ2v) is 9.32. The molecule has 9 heteroatoms. The predicted octanol–water partition coefficient (Wildman–Crippen LogP) is 3.97. The maximum absolute atomic E-state index is 12.7. The number of carbonyl (C=O) groups is 1. The Bertz CT molecular complexity index is 1200. The van der Waals surface area contributed by atoms with E-state index in [2.05, 4.69) is 54.9 Å². The number of hydrogen-bond acceptors (Lipinski definition) is 8. The molecule has 2 aromatic heterocycles. The van der Waals surface area contributed by atoms with Crippen LogP contribution in [0.5, 0.6) is 0 Å². The van der Waals surface area contributed by atoms with Crippen molar-refractivity contribution in [3.8, 4) is 0 Å². The fourth-order valence-electron chi connectivity index (χ4n) is 4.05. The van der Waals surface area contributed by atoms with Gasteiger partial charge in [0.25, 0.3) is 5.91 Å². The molecule has 1 amide bonds. The first-order valence-corrected chi connectivity index (χ1v) is 12.1. The van der Waals surface area contributed by atoms with Gasteiger partial charge in [0.15, 0.2) is 0 Å². The molecule has 0 aliphatic carbocycles. The largest absolute Gasteiger partial charge is 0.384 e. The first kappa shape index (κ1) is 25.3. The topological polar surface area (TPSA) is 124 Å². The Labute approximate surface area is 211 Å². The van der Waals surface area contributed by atoms with E-state index in [1.165, 1.54) is 11.8 Å². The van der Waals surface area contributed by atoms with Gasteiger partial charge in [-0.1, -0.05) is 24.3 Å². The summed E-state index contributed by atoms with van der Waals surface area (Å²) in [5.41, 5.74) is 1.83. The van der Waals surface area contributed by atoms with E-state index in [0.717, 1.165) is 31.6 Å². The summed E-state index contributed by atoms with van der Waals surface area (Å²) in [5, 5.41) is 22.8. The summed E-state index contributed by atoms with van der Waals surface area (Å²) in [6.07, 6.45) is 5.36. The zero-order valence-electron chi connectivity index (χ0n) is 20.7. The van der Waals surface area contributed by atoms with E-state index in [-0.39, 0.29) is 11.5 Å². The Morgan fingerprint density at radius 3 is 2.58 bits per heavy atom. The van der Waals surface area contributed by atoms with Crippen molar-refractivity contribution in [2.45, 2.75) is 38.2 Å². The number of hydrogen-bond donors (Lipinski definition) is 5. The van der Waals surface area contributed by atoms with Gasteiger partial charge in [0.2, 0.25) is 5.95 Å². The number of pyridine rings is 1. The standard InChI is InChI=1S/C27H33N7O2/c1-4-14-29-25(35)21-17-30-26(31-20-10-8-18(9-11-20)19-12-15-28-16-13-19)34-24(21)33-23-7-5-6-22(32-23)27(2,3)36/h4-11,17,19,28,36H,1,12-16H2,2-3H3,(H,29,35)(H2,30,31,32,33,34). The van der Waals surface area contributed by atoms with Crippen molar-refractivity contribution >= 4 is 29.2 Å². The monoisotopic (exact) mass is 487 g/mol. The van der Waals surface area contributed by atoms with Gasteiger partial charge in [0.05, 0.1) is 5.69 Å². The van der Waals surface area contributed by atoms with Crippen LogP contribution in [-0.4, -0.2) is 45.6 Å². The van der Waals surface area contributed by atoms with Crippen molar-refractivity contribution in [2.75, 3.05) is 30.3 Å². The molecule has 36 heavy (non-hydrogen) atoms. The van der Waals surface area contributed by atoms with Crippen LogP contribution in [0.15, 0.2) is 61.3 Å². The first-order valence-electron chi connectivity index (χ1n) is 12.1. The van der Waals surface area contributed by atoms with Crippen molar-refractivity contribution in [1.82, 2.24) is 25.6 Å². The van der Waals surface area contributed by atoms with Crippen LogP contribution >= 0.6 is 0 Å². The molecule has 1 aliphatic rings. The maximum atomic E-state index is 12.7. The van der Waals surface area contributed by atoms with Crippen molar-refractivity contribution in [2.24, 2.45) is 0 Å². The first-order chi connectivity index (χ1) is 17.3. The molecule has 0 saturated carbocycles. The normalized spacial score (nSPS) is 14.2. The number of nitrogens with one attached hydrogen (secondary N) is 4. The number of aromatic nitrogens is 3. The van der Waals surface area contributed by atoms with E-state index >= 15 is 0 Å². The third-order valence-electron chi connectivity index (χ3n) is 6.04. The highest BCUT2D eigenvalue weighted by Crippen LogP contribution is 2.27. The lowest BCUT2D eigenvalue weighted by molar-refractivity contribution is 0.0740. The molecule has 0 spiro atoms. The van der Waals surface area contributed by atoms with Crippen molar-refractivity contribution in [3.63, 3.8) is 0 Å². The summed E-state index contributed by atoms with van der Waals surface area (Å²) in [4.78, 5) is 26.1. The number of carbonyl (C=O) groups excluding carboxylic acids is 1. The molecule has 5 N–H and O–H groups in total. The maximum Gasteiger partial charge on any atom is 0.256 e. The van der Waals surface area contributed by atoms with Gasteiger partial charge in [0, 0.05) is 18.4 Å². The van der Waals surface area contributed by atoms with Crippen LogP contribution in [0.4, 0.5) is 23.3 Å². The van der Waals surface area contributed by atoms with Crippen LogP contribution in [0, 0.1) is 0 Å². The molecule has 3 heterocycles. The zero-order valence-corrected chi connectivity index (χ0v) is 20.7. The van der Waals surface area contributed by atoms with Crippen molar-refractivity contribution in [3.05, 3.63) is 78.1 Å². The van der Waals surface area contributed by atoms with E-state index in [9.17, 15) is 9.90 Å². The highest BCUT2D eigenvalue weighted by atomic mass is 16.3. The Morgan fingerprint density at radius 1 is 1.14 bits per heavy atom. The van der Waals surface area contributed by atoms with Crippen LogP contribution in [0.25, 0.3) is 0 Å². The highest BCUT2D eigenvalue weighted by molar-refractivity contribution is 5.99. The van der Waals surface area contributed by atoms with Crippen LogP contribution in [0.1, 0.15) is 54.2 Å². The van der Waals surface area contributed by atoms with E-state index < -0.39 is 5.60 Å². The van der Waals surface area contributed by atoms with Gasteiger partial charge in [-0.05, 0) is 75.5 Å². The number of piperidine rings is 1. The Hall–Kier alpha value is -3.82. The predicted molar refractivity (Wildman–Crippen MR) is 142 cm³/mol. The number of aliphatic hydroxyl groups is 1. The summed E-state index contributed by atoms with van der Waals surface area (Å²) >= 11 is 0. The molecule has 0 atom stereocenters. The molecule has 1 aromatic carbocycles. The summed E-state index contributed by atoms with van der Waals surface area (Å²) < 4.78 is 0. The number of nitrogens with zero attached hydrogens (tertiary/aromatic N) is 3. The Morgan fingerprint density at radius 2 is 1.89 bits per heavy atom. The molecular weight excluding hydrogens is 454 g/mol. The third kappa shape index (κ3) is 6.44. The van der Waals surface area contributed by atoms with Gasteiger partial charge in [-0.25, -0.2) is 9.97 Å². The van der Waals surface area contributed by atoms with Gasteiger partial charge < -0.3 is 26.4 Å². The molecule has 188 valence electrons. The molecule has 9 nitrogen and oxygen atoms in total. The molecule has 0 bridgehead atoms. The summed E-state index contributed by atoms with van der Waals surface area (Å²) in [5.74, 6) is 1.32. The molecule has 4 rings (SSSR count). The van der Waals surface area contributed by atoms with Gasteiger partial charge in [-0.15, -0.1) is 6.58 Å². The smallest absolute Gasteiger partial charge is 0.256 e. The molecular formula is C27H33N7O2. The number of amides is 1. The summed E-state index contributed by atoms with van der Waals surface area (Å²) in [6, 6.07) is 13.6. The van der Waals surface area contributed by atoms with Crippen LogP contribution < -0.4 is 21.3 Å². The fourth-order valence-corrected chi connectivity index (χ4v) is 4.05.